The van der Waals surface area contributed by atoms with Crippen LogP contribution < -0.4 is 5.73 Å². The number of esters is 2. The predicted octanol–water partition coefficient (Wildman–Crippen LogP) is 1.92. The zero-order valence-electron chi connectivity index (χ0n) is 21.7. The largest absolute Gasteiger partial charge is 0.456 e. The Kier molecular flexibility index (Phi) is 6.14. The fourth-order valence-electron chi connectivity index (χ4n) is 7.47. The Labute approximate surface area is 206 Å². The van der Waals surface area contributed by atoms with Crippen molar-refractivity contribution in [2.24, 2.45) is 46.7 Å². The summed E-state index contributed by atoms with van der Waals surface area (Å²) in [6.45, 7) is 12.2. The molecule has 0 amide bonds. The highest BCUT2D eigenvalue weighted by molar-refractivity contribution is 6.00. The summed E-state index contributed by atoms with van der Waals surface area (Å²) < 4.78 is 12.1. The van der Waals surface area contributed by atoms with E-state index >= 15 is 0 Å². The van der Waals surface area contributed by atoms with Crippen molar-refractivity contribution >= 4 is 17.7 Å². The van der Waals surface area contributed by atoms with Gasteiger partial charge in [-0.25, -0.2) is 0 Å². The van der Waals surface area contributed by atoms with Gasteiger partial charge in [0.25, 0.3) is 0 Å². The van der Waals surface area contributed by atoms with Gasteiger partial charge in [0, 0.05) is 41.9 Å². The number of carbonyl (C=O) groups is 3. The first-order chi connectivity index (χ1) is 16.2. The molecule has 4 N–H and O–H groups in total. The zero-order valence-corrected chi connectivity index (χ0v) is 21.7. The quantitative estimate of drug-likeness (QED) is 0.394. The van der Waals surface area contributed by atoms with Crippen LogP contribution in [0.2, 0.25) is 0 Å². The van der Waals surface area contributed by atoms with Crippen molar-refractivity contribution < 1.29 is 34.1 Å². The molecule has 194 valence electrons. The lowest BCUT2D eigenvalue weighted by molar-refractivity contribution is -0.220. The molecule has 0 unspecified atom stereocenters. The minimum Gasteiger partial charge on any atom is -0.456 e. The van der Waals surface area contributed by atoms with E-state index in [1.54, 1.807) is 13.8 Å². The van der Waals surface area contributed by atoms with Gasteiger partial charge in [-0.2, -0.15) is 0 Å². The number of nitrogens with two attached hydrogens (primary N) is 1. The van der Waals surface area contributed by atoms with Gasteiger partial charge in [0.1, 0.15) is 12.1 Å². The van der Waals surface area contributed by atoms with Crippen LogP contribution in [-0.2, 0) is 23.9 Å². The smallest absolute Gasteiger partial charge is 0.323 e. The molecule has 35 heavy (non-hydrogen) atoms. The van der Waals surface area contributed by atoms with E-state index in [9.17, 15) is 24.6 Å². The number of fused-ring (bicyclic) bond motifs is 5. The van der Waals surface area contributed by atoms with Crippen molar-refractivity contribution in [2.75, 3.05) is 6.61 Å². The maximum Gasteiger partial charge on any atom is 0.323 e. The van der Waals surface area contributed by atoms with E-state index in [2.05, 4.69) is 0 Å². The van der Waals surface area contributed by atoms with Gasteiger partial charge in [0.2, 0.25) is 0 Å². The highest BCUT2D eigenvalue weighted by Crippen LogP contribution is 2.76. The first-order valence-corrected chi connectivity index (χ1v) is 12.6. The van der Waals surface area contributed by atoms with Crippen LogP contribution in [-0.4, -0.2) is 57.9 Å². The average Bonchev–Trinajstić information content (AvgIpc) is 3.16. The number of hydrogen-bond acceptors (Lipinski definition) is 8. The van der Waals surface area contributed by atoms with Crippen molar-refractivity contribution in [1.29, 1.82) is 0 Å². The molecule has 0 heterocycles. The molecule has 0 aromatic carbocycles. The summed E-state index contributed by atoms with van der Waals surface area (Å²) in [6.07, 6.45) is 3.09. The maximum absolute atomic E-state index is 13.1. The second-order valence-electron chi connectivity index (χ2n) is 11.9. The molecule has 4 aliphatic carbocycles. The number of ether oxygens (including phenoxy) is 2. The topological polar surface area (TPSA) is 136 Å². The molecule has 8 nitrogen and oxygen atoms in total. The van der Waals surface area contributed by atoms with Crippen LogP contribution in [0.15, 0.2) is 23.3 Å². The molecule has 4 rings (SSSR count). The summed E-state index contributed by atoms with van der Waals surface area (Å²) in [5.41, 5.74) is 4.09. The van der Waals surface area contributed by atoms with Crippen LogP contribution in [0.3, 0.4) is 0 Å². The van der Waals surface area contributed by atoms with E-state index in [0.717, 1.165) is 0 Å². The normalized spacial score (nSPS) is 42.1. The van der Waals surface area contributed by atoms with Gasteiger partial charge in [0.05, 0.1) is 12.2 Å². The SMILES string of the molecule is CC(=O)O[C@@]12[C@H](OC(=O)[C@@H](N)C(C)C)[C@@H](C)[C@]3(O)[C@@H]4C=C(C)C(=O)[C@@H]4CC(CO)=C[C@H]3[C@@H]1C2(C)C. The summed E-state index contributed by atoms with van der Waals surface area (Å²) in [5.74, 6) is -3.96. The Morgan fingerprint density at radius 1 is 1.23 bits per heavy atom. The van der Waals surface area contributed by atoms with Gasteiger partial charge in [-0.15, -0.1) is 0 Å². The number of aliphatic hydroxyl groups is 2. The third-order valence-corrected chi connectivity index (χ3v) is 9.43. The molecule has 0 spiro atoms. The Balaban J connectivity index is 1.90. The van der Waals surface area contributed by atoms with E-state index in [1.807, 2.05) is 39.8 Å². The molecule has 8 heteroatoms. The maximum atomic E-state index is 13.1. The van der Waals surface area contributed by atoms with Crippen molar-refractivity contribution in [3.8, 4) is 0 Å². The summed E-state index contributed by atoms with van der Waals surface area (Å²) >= 11 is 0. The molecule has 2 fully saturated rings. The van der Waals surface area contributed by atoms with E-state index in [4.69, 9.17) is 15.2 Å². The molecule has 0 aromatic heterocycles. The average molecular weight is 490 g/mol. The molecule has 9 atom stereocenters. The van der Waals surface area contributed by atoms with Crippen LogP contribution in [0.1, 0.15) is 54.9 Å². The minimum atomic E-state index is -1.47. The lowest BCUT2D eigenvalue weighted by atomic mass is 9.59. The summed E-state index contributed by atoms with van der Waals surface area (Å²) in [6, 6.07) is -0.873. The highest BCUT2D eigenvalue weighted by Gasteiger charge is 2.87. The van der Waals surface area contributed by atoms with Gasteiger partial charge in [-0.1, -0.05) is 46.8 Å². The molecular formula is C27H39NO7. The molecule has 0 aliphatic heterocycles. The summed E-state index contributed by atoms with van der Waals surface area (Å²) in [7, 11) is 0. The first-order valence-electron chi connectivity index (χ1n) is 12.6. The van der Waals surface area contributed by atoms with Gasteiger partial charge in [0.15, 0.2) is 11.4 Å². The lowest BCUT2D eigenvalue weighted by Crippen LogP contribution is -2.64. The van der Waals surface area contributed by atoms with E-state index in [-0.39, 0.29) is 18.3 Å². The Bertz CT molecular complexity index is 1010. The van der Waals surface area contributed by atoms with Gasteiger partial charge in [-0.3, -0.25) is 14.4 Å². The third kappa shape index (κ3) is 3.39. The third-order valence-electron chi connectivity index (χ3n) is 9.43. The van der Waals surface area contributed by atoms with Crippen LogP contribution >= 0.6 is 0 Å². The Morgan fingerprint density at radius 3 is 2.40 bits per heavy atom. The molecular weight excluding hydrogens is 450 g/mol. The fraction of sp³-hybridized carbons (Fsp3) is 0.741. The molecule has 0 saturated heterocycles. The zero-order chi connectivity index (χ0) is 26.2. The molecule has 0 radical (unpaired) electrons. The molecule has 4 aliphatic rings. The lowest BCUT2D eigenvalue weighted by Gasteiger charge is -2.52. The molecule has 2 saturated carbocycles. The number of ketones is 1. The van der Waals surface area contributed by atoms with Crippen LogP contribution in [0.5, 0.6) is 0 Å². The first kappa shape index (κ1) is 26.0. The van der Waals surface area contributed by atoms with Gasteiger partial charge < -0.3 is 25.4 Å². The number of allylic oxidation sites excluding steroid dienone is 1. The van der Waals surface area contributed by atoms with Gasteiger partial charge >= 0.3 is 11.9 Å². The number of carbonyl (C=O) groups excluding carboxylic acids is 3. The number of aliphatic hydroxyl groups excluding tert-OH is 1. The summed E-state index contributed by atoms with van der Waals surface area (Å²) in [4.78, 5) is 38.5. The number of Topliss-reactive ketones (excluding diaryl/α,β-unsaturated/α-hetero) is 1. The number of rotatable bonds is 5. The highest BCUT2D eigenvalue weighted by atomic mass is 16.6. The van der Waals surface area contributed by atoms with Crippen molar-refractivity contribution in [2.45, 2.75) is 78.2 Å². The monoisotopic (exact) mass is 489 g/mol. The molecule has 0 aromatic rings. The van der Waals surface area contributed by atoms with Crippen molar-refractivity contribution in [3.05, 3.63) is 23.3 Å². The van der Waals surface area contributed by atoms with Crippen LogP contribution in [0.25, 0.3) is 0 Å². The predicted molar refractivity (Wildman–Crippen MR) is 128 cm³/mol. The second-order valence-corrected chi connectivity index (χ2v) is 11.9. The van der Waals surface area contributed by atoms with Crippen LogP contribution in [0.4, 0.5) is 0 Å². The van der Waals surface area contributed by atoms with Gasteiger partial charge in [-0.05, 0) is 30.4 Å². The van der Waals surface area contributed by atoms with Crippen molar-refractivity contribution in [3.63, 3.8) is 0 Å². The summed E-state index contributed by atoms with van der Waals surface area (Å²) in [5, 5.41) is 22.7. The Morgan fingerprint density at radius 2 is 1.86 bits per heavy atom. The Hall–Kier alpha value is -2.03. The standard InChI is InChI=1S/C27H39NO7/c1-12(2)20(28)24(32)34-23-14(4)26(33)18-8-13(3)21(31)17(18)9-16(11-29)10-19(26)22-25(6,7)27(22,23)35-15(5)30/h8,10,12,14,17-20,22-23,29,33H,9,11,28H2,1-7H3/t14-,17-,18-,19+,20+,22-,23-,26+,27-/m1/s1. The number of hydrogen-bond donors (Lipinski definition) is 3. The van der Waals surface area contributed by atoms with Crippen LogP contribution in [0, 0.1) is 40.9 Å². The molecule has 0 bridgehead atoms. The van der Waals surface area contributed by atoms with Crippen molar-refractivity contribution in [1.82, 2.24) is 0 Å². The van der Waals surface area contributed by atoms with E-state index in [0.29, 0.717) is 17.6 Å². The van der Waals surface area contributed by atoms with E-state index in [1.165, 1.54) is 6.92 Å². The fourth-order valence-corrected chi connectivity index (χ4v) is 7.47. The second kappa shape index (κ2) is 8.25. The minimum absolute atomic E-state index is 0.0436. The van der Waals surface area contributed by atoms with E-state index < -0.39 is 70.3 Å².